The van der Waals surface area contributed by atoms with Crippen molar-refractivity contribution in [1.82, 2.24) is 0 Å². The van der Waals surface area contributed by atoms with Crippen LogP contribution in [0.2, 0.25) is 0 Å². The second-order valence-corrected chi connectivity index (χ2v) is 3.80. The molecule has 21 heavy (non-hydrogen) atoms. The predicted molar refractivity (Wildman–Crippen MR) is 73.0 cm³/mol. The fourth-order valence-corrected chi connectivity index (χ4v) is 1.40. The number of benzene rings is 1. The van der Waals surface area contributed by atoms with Crippen LogP contribution in [-0.4, -0.2) is 30.3 Å². The Kier molecular flexibility index (Phi) is 6.19. The molecule has 0 aromatic heterocycles. The van der Waals surface area contributed by atoms with Gasteiger partial charge in [0.2, 0.25) is 0 Å². The van der Waals surface area contributed by atoms with Crippen LogP contribution < -0.4 is 5.32 Å². The highest BCUT2D eigenvalue weighted by atomic mass is 19.1. The number of phenolic OH excluding ortho intramolecular Hbond substituents is 1. The van der Waals surface area contributed by atoms with Crippen LogP contribution in [0, 0.1) is 5.82 Å². The number of hydrogen-bond donors (Lipinski definition) is 2. The number of esters is 2. The van der Waals surface area contributed by atoms with Crippen molar-refractivity contribution in [3.63, 3.8) is 0 Å². The molecule has 0 aliphatic carbocycles. The second kappa shape index (κ2) is 7.88. The minimum atomic E-state index is -0.856. The third-order valence-electron chi connectivity index (χ3n) is 2.32. The summed E-state index contributed by atoms with van der Waals surface area (Å²) in [6.45, 7) is 3.38. The number of aromatic hydroxyl groups is 1. The lowest BCUT2D eigenvalue weighted by Crippen LogP contribution is -2.19. The molecule has 0 saturated heterocycles. The van der Waals surface area contributed by atoms with Gasteiger partial charge in [-0.15, -0.1) is 0 Å². The van der Waals surface area contributed by atoms with Crippen molar-refractivity contribution in [2.75, 3.05) is 18.5 Å². The second-order valence-electron chi connectivity index (χ2n) is 3.80. The van der Waals surface area contributed by atoms with Crippen LogP contribution in [0.3, 0.4) is 0 Å². The Bertz CT molecular complexity index is 536. The van der Waals surface area contributed by atoms with E-state index in [0.717, 1.165) is 18.3 Å². The Morgan fingerprint density at radius 2 is 1.81 bits per heavy atom. The quantitative estimate of drug-likeness (QED) is 0.274. The highest BCUT2D eigenvalue weighted by molar-refractivity contribution is 6.14. The molecular formula is C14H16FNO5. The smallest absolute Gasteiger partial charge is 0.347 e. The number of hydrogen-bond acceptors (Lipinski definition) is 6. The van der Waals surface area contributed by atoms with E-state index in [1.54, 1.807) is 13.8 Å². The molecule has 0 atom stereocenters. The average molecular weight is 297 g/mol. The summed E-state index contributed by atoms with van der Waals surface area (Å²) in [5.41, 5.74) is -0.232. The summed E-state index contributed by atoms with van der Waals surface area (Å²) >= 11 is 0. The van der Waals surface area contributed by atoms with Crippen LogP contribution in [0.4, 0.5) is 10.1 Å². The van der Waals surface area contributed by atoms with E-state index in [-0.39, 0.29) is 30.2 Å². The molecule has 7 heteroatoms. The van der Waals surface area contributed by atoms with Gasteiger partial charge >= 0.3 is 11.9 Å². The number of carbonyl (C=O) groups excluding carboxylic acids is 2. The Morgan fingerprint density at radius 3 is 2.29 bits per heavy atom. The minimum Gasteiger partial charge on any atom is -0.506 e. The van der Waals surface area contributed by atoms with Crippen LogP contribution in [0.25, 0.3) is 0 Å². The van der Waals surface area contributed by atoms with Gasteiger partial charge in [-0.3, -0.25) is 0 Å². The summed E-state index contributed by atoms with van der Waals surface area (Å²) in [7, 11) is 0. The first kappa shape index (κ1) is 16.5. The van der Waals surface area contributed by atoms with E-state index in [2.05, 4.69) is 5.32 Å². The molecule has 0 aliphatic heterocycles. The molecule has 0 amide bonds. The Labute approximate surface area is 121 Å². The van der Waals surface area contributed by atoms with Crippen molar-refractivity contribution in [3.05, 3.63) is 35.8 Å². The molecule has 0 fully saturated rings. The van der Waals surface area contributed by atoms with Crippen LogP contribution in [-0.2, 0) is 19.1 Å². The first-order valence-electron chi connectivity index (χ1n) is 6.29. The Balaban J connectivity index is 2.96. The lowest BCUT2D eigenvalue weighted by molar-refractivity contribution is -0.146. The molecule has 0 saturated carbocycles. The molecule has 0 unspecified atom stereocenters. The molecule has 0 spiro atoms. The molecule has 1 aromatic rings. The lowest BCUT2D eigenvalue weighted by Gasteiger charge is -2.08. The molecular weight excluding hydrogens is 281 g/mol. The zero-order valence-corrected chi connectivity index (χ0v) is 11.7. The number of halogens is 1. The minimum absolute atomic E-state index is 0.0946. The fraction of sp³-hybridized carbons (Fsp3) is 0.286. The zero-order chi connectivity index (χ0) is 15.8. The summed E-state index contributed by atoms with van der Waals surface area (Å²) in [6.07, 6.45) is 1.04. The van der Waals surface area contributed by atoms with Crippen LogP contribution in [0.1, 0.15) is 13.8 Å². The van der Waals surface area contributed by atoms with Crippen molar-refractivity contribution in [2.24, 2.45) is 0 Å². The molecule has 114 valence electrons. The van der Waals surface area contributed by atoms with Gasteiger partial charge in [0.15, 0.2) is 5.57 Å². The number of ether oxygens (including phenoxy) is 2. The molecule has 0 bridgehead atoms. The Hall–Kier alpha value is -2.57. The zero-order valence-electron chi connectivity index (χ0n) is 11.7. The lowest BCUT2D eigenvalue weighted by atomic mass is 10.2. The van der Waals surface area contributed by atoms with Gasteiger partial charge in [-0.2, -0.15) is 0 Å². The average Bonchev–Trinajstić information content (AvgIpc) is 2.41. The molecule has 2 N–H and O–H groups in total. The van der Waals surface area contributed by atoms with Gasteiger partial charge in [-0.05, 0) is 26.0 Å². The normalized spacial score (nSPS) is 9.67. The molecule has 1 aromatic carbocycles. The van der Waals surface area contributed by atoms with E-state index in [1.165, 1.54) is 6.07 Å². The van der Waals surface area contributed by atoms with Crippen LogP contribution >= 0.6 is 0 Å². The van der Waals surface area contributed by atoms with Crippen molar-refractivity contribution < 1.29 is 28.6 Å². The van der Waals surface area contributed by atoms with Crippen molar-refractivity contribution >= 4 is 17.6 Å². The molecule has 0 heterocycles. The number of nitrogens with one attached hydrogen (secondary N) is 1. The highest BCUT2D eigenvalue weighted by Crippen LogP contribution is 2.23. The van der Waals surface area contributed by atoms with E-state index in [4.69, 9.17) is 9.47 Å². The van der Waals surface area contributed by atoms with Crippen molar-refractivity contribution in [2.45, 2.75) is 13.8 Å². The van der Waals surface area contributed by atoms with E-state index in [9.17, 15) is 19.1 Å². The fourth-order valence-electron chi connectivity index (χ4n) is 1.40. The van der Waals surface area contributed by atoms with Gasteiger partial charge in [-0.1, -0.05) is 0 Å². The summed E-state index contributed by atoms with van der Waals surface area (Å²) in [5.74, 6) is -2.69. The van der Waals surface area contributed by atoms with Gasteiger partial charge in [-0.25, -0.2) is 14.0 Å². The maximum atomic E-state index is 12.9. The molecule has 6 nitrogen and oxygen atoms in total. The van der Waals surface area contributed by atoms with Gasteiger partial charge in [0.1, 0.15) is 11.6 Å². The summed E-state index contributed by atoms with van der Waals surface area (Å²) in [5, 5.41) is 12.1. The summed E-state index contributed by atoms with van der Waals surface area (Å²) in [4.78, 5) is 23.3. The van der Waals surface area contributed by atoms with Crippen LogP contribution in [0.5, 0.6) is 5.75 Å². The maximum absolute atomic E-state index is 12.9. The number of rotatable bonds is 6. The van der Waals surface area contributed by atoms with E-state index in [0.29, 0.717) is 0 Å². The first-order chi connectivity index (χ1) is 9.99. The summed E-state index contributed by atoms with van der Waals surface area (Å²) < 4.78 is 22.3. The summed E-state index contributed by atoms with van der Waals surface area (Å²) in [6, 6.07) is 3.27. The molecule has 0 radical (unpaired) electrons. The molecule has 1 rings (SSSR count). The SMILES string of the molecule is CCOC(=O)C(=CNc1ccc(F)cc1O)C(=O)OCC. The van der Waals surface area contributed by atoms with Crippen LogP contribution in [0.15, 0.2) is 30.0 Å². The third-order valence-corrected chi connectivity index (χ3v) is 2.32. The number of carbonyl (C=O) groups is 2. The number of phenols is 1. The molecule has 0 aliphatic rings. The van der Waals surface area contributed by atoms with Gasteiger partial charge in [0.05, 0.1) is 18.9 Å². The van der Waals surface area contributed by atoms with Gasteiger partial charge < -0.3 is 19.9 Å². The monoisotopic (exact) mass is 297 g/mol. The largest absolute Gasteiger partial charge is 0.506 e. The van der Waals surface area contributed by atoms with Gasteiger partial charge in [0, 0.05) is 12.3 Å². The van der Waals surface area contributed by atoms with E-state index >= 15 is 0 Å². The van der Waals surface area contributed by atoms with Crippen molar-refractivity contribution in [1.29, 1.82) is 0 Å². The maximum Gasteiger partial charge on any atom is 0.347 e. The highest BCUT2D eigenvalue weighted by Gasteiger charge is 2.21. The standard InChI is InChI=1S/C14H16FNO5/c1-3-20-13(18)10(14(19)21-4-2)8-16-11-6-5-9(15)7-12(11)17/h5-8,16-17H,3-4H2,1-2H3. The topological polar surface area (TPSA) is 84.9 Å². The van der Waals surface area contributed by atoms with Crippen molar-refractivity contribution in [3.8, 4) is 5.75 Å². The van der Waals surface area contributed by atoms with Gasteiger partial charge in [0.25, 0.3) is 0 Å². The van der Waals surface area contributed by atoms with E-state index < -0.39 is 17.8 Å². The van der Waals surface area contributed by atoms with E-state index in [1.807, 2.05) is 0 Å². The Morgan fingerprint density at radius 1 is 1.24 bits per heavy atom. The predicted octanol–water partition coefficient (Wildman–Crippen LogP) is 1.95. The third kappa shape index (κ3) is 4.79. The number of anilines is 1. The first-order valence-corrected chi connectivity index (χ1v) is 6.29.